The van der Waals surface area contributed by atoms with Gasteiger partial charge in [0.15, 0.2) is 5.49 Å². The van der Waals surface area contributed by atoms with Crippen LogP contribution in [-0.2, 0) is 4.79 Å². The Labute approximate surface area is 154 Å². The molecule has 0 spiro atoms. The van der Waals surface area contributed by atoms with Crippen LogP contribution in [0.15, 0.2) is 34.1 Å². The Morgan fingerprint density at radius 3 is 2.96 bits per heavy atom. The van der Waals surface area contributed by atoms with E-state index in [1.54, 1.807) is 24.3 Å². The zero-order chi connectivity index (χ0) is 19.0. The molecule has 0 aliphatic carbocycles. The third kappa shape index (κ3) is 2.88. The minimum atomic E-state index is -1.54. The van der Waals surface area contributed by atoms with Crippen LogP contribution in [0.25, 0.3) is 11.9 Å². The van der Waals surface area contributed by atoms with Crippen molar-refractivity contribution in [2.45, 2.75) is 18.2 Å². The van der Waals surface area contributed by atoms with Gasteiger partial charge in [0, 0.05) is 18.8 Å². The molecule has 10 nitrogen and oxygen atoms in total. The minimum absolute atomic E-state index is 0.0223. The second-order valence-electron chi connectivity index (χ2n) is 6.48. The van der Waals surface area contributed by atoms with Gasteiger partial charge in [-0.2, -0.15) is 0 Å². The quantitative estimate of drug-likeness (QED) is 0.386. The smallest absolute Gasteiger partial charge is 0.332 e. The van der Waals surface area contributed by atoms with Crippen LogP contribution in [0.3, 0.4) is 0 Å². The number of hydrogen-bond acceptors (Lipinski definition) is 7. The van der Waals surface area contributed by atoms with Crippen molar-refractivity contribution in [2.75, 3.05) is 20.2 Å². The number of fused-ring (bicyclic) bond motifs is 1. The van der Waals surface area contributed by atoms with Gasteiger partial charge in [0.05, 0.1) is 12.8 Å². The summed E-state index contributed by atoms with van der Waals surface area (Å²) in [4.78, 5) is 32.2. The number of nitrogens with two attached hydrogens (primary N) is 1. The normalized spacial score (nSPS) is 23.7. The first-order valence-electron chi connectivity index (χ1n) is 8.64. The van der Waals surface area contributed by atoms with Gasteiger partial charge < -0.3 is 26.1 Å². The van der Waals surface area contributed by atoms with Gasteiger partial charge in [-0.3, -0.25) is 10.1 Å². The van der Waals surface area contributed by atoms with E-state index in [1.807, 2.05) is 0 Å². The summed E-state index contributed by atoms with van der Waals surface area (Å²) in [6.45, 7) is 1.54. The number of carbonyl (C=O) groups is 1. The van der Waals surface area contributed by atoms with Crippen molar-refractivity contribution in [2.24, 2.45) is 10.7 Å². The molecule has 10 heteroatoms. The van der Waals surface area contributed by atoms with Gasteiger partial charge in [0.1, 0.15) is 11.1 Å². The third-order valence-electron chi connectivity index (χ3n) is 4.75. The fourth-order valence-electron chi connectivity index (χ4n) is 3.40. The first-order valence-corrected chi connectivity index (χ1v) is 8.64. The SMILES string of the molecule is COc1ccccc1-n1c(=O)[nH]c2c1=N[C@](NC1CCNC1)(C(N)=O)NC=2. The van der Waals surface area contributed by atoms with Crippen LogP contribution in [0.2, 0.25) is 0 Å². The first-order chi connectivity index (χ1) is 13.0. The van der Waals surface area contributed by atoms with Crippen molar-refractivity contribution in [3.63, 3.8) is 0 Å². The summed E-state index contributed by atoms with van der Waals surface area (Å²) in [5.41, 5.74) is 6.08. The molecule has 3 heterocycles. The summed E-state index contributed by atoms with van der Waals surface area (Å²) < 4.78 is 6.74. The number of hydrogen-bond donors (Lipinski definition) is 5. The van der Waals surface area contributed by atoms with Crippen LogP contribution >= 0.6 is 0 Å². The lowest BCUT2D eigenvalue weighted by molar-refractivity contribution is -0.125. The molecule has 27 heavy (non-hydrogen) atoms. The molecule has 6 N–H and O–H groups in total. The average Bonchev–Trinajstić information content (AvgIpc) is 3.28. The summed E-state index contributed by atoms with van der Waals surface area (Å²) in [5.74, 6) is -1.72. The molecule has 1 fully saturated rings. The van der Waals surface area contributed by atoms with Gasteiger partial charge >= 0.3 is 5.69 Å². The number of rotatable bonds is 5. The van der Waals surface area contributed by atoms with E-state index in [4.69, 9.17) is 10.5 Å². The van der Waals surface area contributed by atoms with Crippen molar-refractivity contribution >= 4 is 12.1 Å². The largest absolute Gasteiger partial charge is 0.495 e. The van der Waals surface area contributed by atoms with E-state index in [-0.39, 0.29) is 6.04 Å². The topological polar surface area (TPSA) is 139 Å². The van der Waals surface area contributed by atoms with Gasteiger partial charge in [-0.1, -0.05) is 12.1 Å². The molecule has 1 aromatic heterocycles. The zero-order valence-corrected chi connectivity index (χ0v) is 14.8. The minimum Gasteiger partial charge on any atom is -0.495 e. The number of H-pyrrole nitrogens is 1. The van der Waals surface area contributed by atoms with Gasteiger partial charge in [-0.05, 0) is 25.1 Å². The van der Waals surface area contributed by atoms with E-state index in [9.17, 15) is 9.59 Å². The second-order valence-corrected chi connectivity index (χ2v) is 6.48. The molecule has 0 radical (unpaired) electrons. The number of nitrogens with one attached hydrogen (secondary N) is 4. The van der Waals surface area contributed by atoms with Crippen LogP contribution in [0.4, 0.5) is 0 Å². The first kappa shape index (κ1) is 17.3. The van der Waals surface area contributed by atoms with Crippen molar-refractivity contribution in [3.8, 4) is 11.4 Å². The summed E-state index contributed by atoms with van der Waals surface area (Å²) in [7, 11) is 1.52. The predicted octanol–water partition coefficient (Wildman–Crippen LogP) is -2.77. The van der Waals surface area contributed by atoms with Crippen LogP contribution < -0.4 is 42.9 Å². The van der Waals surface area contributed by atoms with Crippen LogP contribution in [0, 0.1) is 0 Å². The number of aromatic nitrogens is 2. The Hall–Kier alpha value is -3.11. The van der Waals surface area contributed by atoms with Crippen molar-refractivity contribution in [3.05, 3.63) is 45.6 Å². The summed E-state index contributed by atoms with van der Waals surface area (Å²) in [5, 5.41) is 9.77. The van der Waals surface area contributed by atoms with E-state index < -0.39 is 17.4 Å². The Kier molecular flexibility index (Phi) is 4.21. The Morgan fingerprint density at radius 2 is 2.26 bits per heavy atom. The molecule has 2 atom stereocenters. The molecular formula is C17H21N7O3. The third-order valence-corrected chi connectivity index (χ3v) is 4.75. The predicted molar refractivity (Wildman–Crippen MR) is 97.7 cm³/mol. The molecular weight excluding hydrogens is 350 g/mol. The van der Waals surface area contributed by atoms with E-state index in [2.05, 4.69) is 25.9 Å². The van der Waals surface area contributed by atoms with E-state index in [1.165, 1.54) is 17.9 Å². The molecule has 1 amide bonds. The van der Waals surface area contributed by atoms with Crippen LogP contribution in [0.5, 0.6) is 5.75 Å². The number of aromatic amines is 1. The highest BCUT2D eigenvalue weighted by molar-refractivity contribution is 5.84. The maximum absolute atomic E-state index is 12.6. The lowest BCUT2D eigenvalue weighted by Crippen LogP contribution is -2.68. The number of para-hydroxylation sites is 2. The molecule has 2 aliphatic heterocycles. The number of carbonyl (C=O) groups excluding carboxylic acids is 1. The highest BCUT2D eigenvalue weighted by Gasteiger charge is 2.40. The molecule has 1 saturated heterocycles. The standard InChI is InChI=1S/C17H21N7O3/c1-27-13-5-3-2-4-12(13)24-14-11(21-16(24)26)9-20-17(23-14,15(18)25)22-10-6-7-19-8-10/h2-5,9-10,19-20,22H,6-8H2,1H3,(H2,18,25)(H,21,26)/t10?,17-/m1/s1. The van der Waals surface area contributed by atoms with Crippen LogP contribution in [-0.4, -0.2) is 47.5 Å². The molecule has 0 bridgehead atoms. The van der Waals surface area contributed by atoms with Gasteiger partial charge in [0.2, 0.25) is 0 Å². The second kappa shape index (κ2) is 6.56. The van der Waals surface area contributed by atoms with E-state index in [0.717, 1.165) is 13.0 Å². The summed E-state index contributed by atoms with van der Waals surface area (Å²) in [6, 6.07) is 7.11. The molecule has 2 aliphatic rings. The molecule has 142 valence electrons. The summed E-state index contributed by atoms with van der Waals surface area (Å²) >= 11 is 0. The number of imidazole rings is 1. The summed E-state index contributed by atoms with van der Waals surface area (Å²) in [6.07, 6.45) is 2.38. The van der Waals surface area contributed by atoms with Crippen molar-refractivity contribution in [1.82, 2.24) is 25.5 Å². The number of nitrogens with zero attached hydrogens (tertiary/aromatic N) is 2. The fourth-order valence-corrected chi connectivity index (χ4v) is 3.40. The fraction of sp³-hybridized carbons (Fsp3) is 0.353. The van der Waals surface area contributed by atoms with Crippen LogP contribution in [0.1, 0.15) is 6.42 Å². The molecule has 2 aromatic rings. The number of methoxy groups -OCH3 is 1. The van der Waals surface area contributed by atoms with E-state index in [0.29, 0.717) is 28.8 Å². The number of primary amides is 1. The number of ether oxygens (including phenoxy) is 1. The van der Waals surface area contributed by atoms with Gasteiger partial charge in [0.25, 0.3) is 11.7 Å². The van der Waals surface area contributed by atoms with Gasteiger partial charge in [-0.15, -0.1) is 0 Å². The zero-order valence-electron chi connectivity index (χ0n) is 14.8. The molecule has 4 rings (SSSR count). The van der Waals surface area contributed by atoms with Gasteiger partial charge in [-0.25, -0.2) is 14.4 Å². The number of benzene rings is 1. The molecule has 0 saturated carbocycles. The highest BCUT2D eigenvalue weighted by Crippen LogP contribution is 2.19. The maximum atomic E-state index is 12.6. The lowest BCUT2D eigenvalue weighted by Gasteiger charge is -2.31. The molecule has 1 aromatic carbocycles. The lowest BCUT2D eigenvalue weighted by atomic mass is 10.2. The van der Waals surface area contributed by atoms with Crippen molar-refractivity contribution < 1.29 is 9.53 Å². The Morgan fingerprint density at radius 1 is 1.44 bits per heavy atom. The maximum Gasteiger partial charge on any atom is 0.332 e. The Balaban J connectivity index is 1.90. The monoisotopic (exact) mass is 371 g/mol. The van der Waals surface area contributed by atoms with E-state index >= 15 is 0 Å². The Bertz CT molecular complexity index is 1050. The van der Waals surface area contributed by atoms with Crippen molar-refractivity contribution in [1.29, 1.82) is 0 Å². The molecule has 1 unspecified atom stereocenters. The average molecular weight is 371 g/mol. The highest BCUT2D eigenvalue weighted by atomic mass is 16.5. The number of amides is 1.